The van der Waals surface area contributed by atoms with Crippen LogP contribution in [0.25, 0.3) is 33.3 Å². The largest absolute Gasteiger partial charge is 0.485 e. The highest BCUT2D eigenvalue weighted by molar-refractivity contribution is 5.97. The first-order valence-corrected chi connectivity index (χ1v) is 12.4. The Bertz CT molecular complexity index is 1760. The van der Waals surface area contributed by atoms with Gasteiger partial charge in [-0.25, -0.2) is 14.8 Å². The van der Waals surface area contributed by atoms with Crippen LogP contribution >= 0.6 is 0 Å². The Morgan fingerprint density at radius 1 is 1.15 bits per heavy atom. The Balaban J connectivity index is 1.36. The molecule has 2 N–H and O–H groups in total. The second-order valence-corrected chi connectivity index (χ2v) is 9.52. The molecular weight excluding hydrogens is 500 g/mol. The third-order valence-corrected chi connectivity index (χ3v) is 6.73. The Kier molecular flexibility index (Phi) is 5.94. The molecule has 0 saturated carbocycles. The Hall–Kier alpha value is -4.86. The van der Waals surface area contributed by atoms with E-state index in [1.807, 2.05) is 45.0 Å². The summed E-state index contributed by atoms with van der Waals surface area (Å²) in [5, 5.41) is 0.810. The molecule has 10 heteroatoms. The SMILES string of the molecule is COc1cnc2c(-c3cc4c5c(cc(C)c4o3)O[C@H](Cc3c(OC(N)=O)ccnc3C)CO5)cc(C)cc2n1. The van der Waals surface area contributed by atoms with Crippen molar-refractivity contribution in [2.24, 2.45) is 5.73 Å². The number of benzene rings is 2. The first-order chi connectivity index (χ1) is 18.8. The summed E-state index contributed by atoms with van der Waals surface area (Å²) in [6.45, 7) is 6.10. The summed E-state index contributed by atoms with van der Waals surface area (Å²) >= 11 is 0. The predicted octanol–water partition coefficient (Wildman–Crippen LogP) is 5.21. The summed E-state index contributed by atoms with van der Waals surface area (Å²) in [5.74, 6) is 2.69. The third kappa shape index (κ3) is 4.43. The lowest BCUT2D eigenvalue weighted by Gasteiger charge is -2.28. The summed E-state index contributed by atoms with van der Waals surface area (Å²) in [5.41, 5.74) is 11.6. The molecule has 3 aromatic heterocycles. The van der Waals surface area contributed by atoms with Crippen LogP contribution in [0, 0.1) is 20.8 Å². The average Bonchev–Trinajstić information content (AvgIpc) is 3.36. The zero-order chi connectivity index (χ0) is 27.3. The van der Waals surface area contributed by atoms with Crippen molar-refractivity contribution < 1.29 is 28.2 Å². The number of furan rings is 1. The second kappa shape index (κ2) is 9.46. The van der Waals surface area contributed by atoms with Crippen LogP contribution in [0.1, 0.15) is 22.4 Å². The fraction of sp³-hybridized carbons (Fsp3) is 0.241. The van der Waals surface area contributed by atoms with Crippen LogP contribution in [0.5, 0.6) is 23.1 Å². The number of nitrogens with two attached hydrogens (primary N) is 1. The molecular formula is C29H26N4O6. The van der Waals surface area contributed by atoms with Crippen molar-refractivity contribution in [3.8, 4) is 34.5 Å². The van der Waals surface area contributed by atoms with Gasteiger partial charge in [0.05, 0.1) is 29.7 Å². The zero-order valence-corrected chi connectivity index (χ0v) is 21.9. The van der Waals surface area contributed by atoms with E-state index in [9.17, 15) is 4.79 Å². The molecule has 0 bridgehead atoms. The molecule has 6 rings (SSSR count). The highest BCUT2D eigenvalue weighted by Gasteiger charge is 2.28. The van der Waals surface area contributed by atoms with Crippen molar-refractivity contribution in [1.82, 2.24) is 15.0 Å². The number of nitrogens with zero attached hydrogens (tertiary/aromatic N) is 3. The summed E-state index contributed by atoms with van der Waals surface area (Å²) in [7, 11) is 1.57. The highest BCUT2D eigenvalue weighted by atomic mass is 16.6. The van der Waals surface area contributed by atoms with Gasteiger partial charge in [-0.1, -0.05) is 0 Å². The van der Waals surface area contributed by atoms with Crippen LogP contribution in [0.15, 0.2) is 47.1 Å². The Labute approximate surface area is 223 Å². The number of hydrogen-bond donors (Lipinski definition) is 1. The lowest BCUT2D eigenvalue weighted by molar-refractivity contribution is 0.0922. The van der Waals surface area contributed by atoms with Crippen LogP contribution in [-0.2, 0) is 6.42 Å². The minimum absolute atomic E-state index is 0.286. The molecule has 2 aromatic carbocycles. The van der Waals surface area contributed by atoms with Gasteiger partial charge >= 0.3 is 6.09 Å². The lowest BCUT2D eigenvalue weighted by Crippen LogP contribution is -2.32. The zero-order valence-electron chi connectivity index (χ0n) is 21.9. The van der Waals surface area contributed by atoms with Gasteiger partial charge in [0.1, 0.15) is 29.8 Å². The van der Waals surface area contributed by atoms with E-state index in [1.165, 1.54) is 0 Å². The summed E-state index contributed by atoms with van der Waals surface area (Å²) in [4.78, 5) is 24.8. The molecule has 10 nitrogen and oxygen atoms in total. The molecule has 39 heavy (non-hydrogen) atoms. The van der Waals surface area contributed by atoms with Gasteiger partial charge in [0.2, 0.25) is 5.88 Å². The van der Waals surface area contributed by atoms with E-state index in [1.54, 1.807) is 25.6 Å². The molecule has 0 fully saturated rings. The van der Waals surface area contributed by atoms with Crippen molar-refractivity contribution in [2.45, 2.75) is 33.3 Å². The number of pyridine rings is 1. The molecule has 1 aliphatic rings. The fourth-order valence-electron chi connectivity index (χ4n) is 4.96. The number of ether oxygens (including phenoxy) is 4. The maximum Gasteiger partial charge on any atom is 0.409 e. The van der Waals surface area contributed by atoms with Crippen molar-refractivity contribution in [3.05, 3.63) is 65.1 Å². The van der Waals surface area contributed by atoms with Gasteiger partial charge in [-0.2, -0.15) is 0 Å². The number of amides is 1. The molecule has 0 radical (unpaired) electrons. The quantitative estimate of drug-likeness (QED) is 0.328. The Morgan fingerprint density at radius 2 is 2.00 bits per heavy atom. The number of primary amides is 1. The number of aromatic nitrogens is 3. The number of carbonyl (C=O) groups excluding carboxylic acids is 1. The van der Waals surface area contributed by atoms with Crippen molar-refractivity contribution in [3.63, 3.8) is 0 Å². The summed E-state index contributed by atoms with van der Waals surface area (Å²) < 4.78 is 29.4. The maximum atomic E-state index is 11.4. The number of carbonyl (C=O) groups is 1. The third-order valence-electron chi connectivity index (χ3n) is 6.73. The number of rotatable bonds is 5. The molecule has 198 valence electrons. The van der Waals surface area contributed by atoms with Crippen molar-refractivity contribution in [1.29, 1.82) is 0 Å². The van der Waals surface area contributed by atoms with Crippen molar-refractivity contribution in [2.75, 3.05) is 13.7 Å². The molecule has 0 unspecified atom stereocenters. The van der Waals surface area contributed by atoms with Crippen LogP contribution in [0.4, 0.5) is 4.79 Å². The molecule has 0 spiro atoms. The second-order valence-electron chi connectivity index (χ2n) is 9.52. The van der Waals surface area contributed by atoms with Gasteiger partial charge in [0, 0.05) is 29.4 Å². The molecule has 5 aromatic rings. The molecule has 0 aliphatic carbocycles. The summed E-state index contributed by atoms with van der Waals surface area (Å²) in [6, 6.07) is 9.46. The normalized spacial score (nSPS) is 14.5. The number of fused-ring (bicyclic) bond motifs is 4. The van der Waals surface area contributed by atoms with Gasteiger partial charge in [0.25, 0.3) is 0 Å². The van der Waals surface area contributed by atoms with Crippen LogP contribution in [0.3, 0.4) is 0 Å². The maximum absolute atomic E-state index is 11.4. The number of hydrogen-bond acceptors (Lipinski definition) is 9. The minimum atomic E-state index is -0.881. The van der Waals surface area contributed by atoms with Gasteiger partial charge in [0.15, 0.2) is 11.5 Å². The van der Waals surface area contributed by atoms with Crippen LogP contribution < -0.4 is 24.7 Å². The fourth-order valence-corrected chi connectivity index (χ4v) is 4.96. The number of methoxy groups -OCH3 is 1. The van der Waals surface area contributed by atoms with Gasteiger partial charge in [-0.05, 0) is 62.2 Å². The van der Waals surface area contributed by atoms with E-state index in [2.05, 4.69) is 15.0 Å². The minimum Gasteiger partial charge on any atom is -0.485 e. The van der Waals surface area contributed by atoms with Crippen molar-refractivity contribution >= 4 is 28.1 Å². The monoisotopic (exact) mass is 526 g/mol. The van der Waals surface area contributed by atoms with E-state index in [4.69, 9.17) is 29.1 Å². The van der Waals surface area contributed by atoms with Crippen LogP contribution in [0.2, 0.25) is 0 Å². The van der Waals surface area contributed by atoms with Gasteiger partial charge in [-0.3, -0.25) is 4.98 Å². The first kappa shape index (κ1) is 24.5. The Morgan fingerprint density at radius 3 is 2.79 bits per heavy atom. The lowest BCUT2D eigenvalue weighted by atomic mass is 10.0. The smallest absolute Gasteiger partial charge is 0.409 e. The van der Waals surface area contributed by atoms with E-state index in [0.717, 1.165) is 38.9 Å². The van der Waals surface area contributed by atoms with E-state index >= 15 is 0 Å². The molecule has 1 atom stereocenters. The van der Waals surface area contributed by atoms with E-state index in [-0.39, 0.29) is 12.7 Å². The average molecular weight is 527 g/mol. The molecule has 1 aliphatic heterocycles. The summed E-state index contributed by atoms with van der Waals surface area (Å²) in [6.07, 6.45) is 2.38. The van der Waals surface area contributed by atoms with Gasteiger partial charge in [-0.15, -0.1) is 0 Å². The van der Waals surface area contributed by atoms with E-state index in [0.29, 0.717) is 46.4 Å². The standard InChI is InChI=1S/C29H26N4O6/c1-14-7-19(26-21(8-14)33-25(35-4)12-32-26)23-11-20-27(38-23)15(2)9-24-28(20)36-13-17(37-24)10-18-16(3)31-6-5-22(18)39-29(30)34/h5-9,11-12,17H,10,13H2,1-4H3,(H2,30,34)/t17-/m1/s1. The molecule has 4 heterocycles. The topological polar surface area (TPSA) is 132 Å². The molecule has 0 saturated heterocycles. The van der Waals surface area contributed by atoms with Crippen LogP contribution in [-0.4, -0.2) is 40.9 Å². The highest BCUT2D eigenvalue weighted by Crippen LogP contribution is 2.45. The first-order valence-electron chi connectivity index (χ1n) is 12.4. The predicted molar refractivity (Wildman–Crippen MR) is 144 cm³/mol. The van der Waals surface area contributed by atoms with Gasteiger partial charge < -0.3 is 29.1 Å². The number of aryl methyl sites for hydroxylation is 3. The molecule has 1 amide bonds. The van der Waals surface area contributed by atoms with E-state index < -0.39 is 6.09 Å².